The Kier molecular flexibility index (Phi) is 4.69. The maximum Gasteiger partial charge on any atom is 0.422 e. The van der Waals surface area contributed by atoms with Gasteiger partial charge in [0.25, 0.3) is 5.56 Å². The minimum Gasteiger partial charge on any atom is -0.454 e. The van der Waals surface area contributed by atoms with Crippen LogP contribution < -0.4 is 10.3 Å². The minimum atomic E-state index is -4.47. The standard InChI is InChI=1S/C15H13F3N6O2/c1-23-6-11(21-9-23)7-24-13(25)3-2-12(22-24)10-4-19-14(20-5-10)26-8-15(16,17)18/h2-6,9H,7-8H2,1H3. The van der Waals surface area contributed by atoms with Gasteiger partial charge in [0.05, 0.1) is 24.3 Å². The van der Waals surface area contributed by atoms with Crippen molar-refractivity contribution in [2.45, 2.75) is 12.7 Å². The van der Waals surface area contributed by atoms with Crippen molar-refractivity contribution in [3.05, 3.63) is 53.1 Å². The van der Waals surface area contributed by atoms with E-state index in [1.54, 1.807) is 17.1 Å². The van der Waals surface area contributed by atoms with Crippen LogP contribution in [0.2, 0.25) is 0 Å². The Hall–Kier alpha value is -3.24. The smallest absolute Gasteiger partial charge is 0.422 e. The van der Waals surface area contributed by atoms with E-state index < -0.39 is 18.8 Å². The molecule has 11 heteroatoms. The fourth-order valence-electron chi connectivity index (χ4n) is 2.09. The molecule has 0 aliphatic carbocycles. The van der Waals surface area contributed by atoms with E-state index in [2.05, 4.69) is 24.8 Å². The highest BCUT2D eigenvalue weighted by molar-refractivity contribution is 5.55. The summed E-state index contributed by atoms with van der Waals surface area (Å²) in [6.07, 6.45) is 1.45. The molecule has 8 nitrogen and oxygen atoms in total. The maximum atomic E-state index is 12.1. The molecule has 3 aromatic heterocycles. The number of ether oxygens (including phenoxy) is 1. The van der Waals surface area contributed by atoms with Crippen LogP contribution in [-0.2, 0) is 13.6 Å². The minimum absolute atomic E-state index is 0.182. The zero-order valence-electron chi connectivity index (χ0n) is 13.5. The van der Waals surface area contributed by atoms with Gasteiger partial charge in [-0.15, -0.1) is 0 Å². The van der Waals surface area contributed by atoms with Crippen LogP contribution in [0.25, 0.3) is 11.3 Å². The fourth-order valence-corrected chi connectivity index (χ4v) is 2.09. The largest absolute Gasteiger partial charge is 0.454 e. The number of rotatable bonds is 5. The molecule has 0 amide bonds. The molecule has 0 unspecified atom stereocenters. The number of aromatic nitrogens is 6. The lowest BCUT2D eigenvalue weighted by Crippen LogP contribution is -2.23. The monoisotopic (exact) mass is 366 g/mol. The number of halogens is 3. The van der Waals surface area contributed by atoms with Crippen molar-refractivity contribution in [2.24, 2.45) is 7.05 Å². The molecular weight excluding hydrogens is 353 g/mol. The lowest BCUT2D eigenvalue weighted by molar-refractivity contribution is -0.154. The van der Waals surface area contributed by atoms with Crippen molar-refractivity contribution in [2.75, 3.05) is 6.61 Å². The SMILES string of the molecule is Cn1cnc(Cn2nc(-c3cnc(OCC(F)(F)F)nc3)ccc2=O)c1. The van der Waals surface area contributed by atoms with E-state index in [1.807, 2.05) is 7.05 Å². The van der Waals surface area contributed by atoms with Gasteiger partial charge in [-0.25, -0.2) is 19.6 Å². The third-order valence-electron chi connectivity index (χ3n) is 3.23. The van der Waals surface area contributed by atoms with Gasteiger partial charge in [0.2, 0.25) is 0 Å². The Labute approximate surface area is 144 Å². The third-order valence-corrected chi connectivity index (χ3v) is 3.23. The molecular formula is C15H13F3N6O2. The lowest BCUT2D eigenvalue weighted by atomic mass is 10.2. The second-order valence-electron chi connectivity index (χ2n) is 5.40. The van der Waals surface area contributed by atoms with Gasteiger partial charge in [-0.05, 0) is 6.07 Å². The first-order valence-corrected chi connectivity index (χ1v) is 7.37. The molecule has 0 atom stereocenters. The van der Waals surface area contributed by atoms with Crippen LogP contribution in [0.5, 0.6) is 6.01 Å². The van der Waals surface area contributed by atoms with Gasteiger partial charge in [-0.3, -0.25) is 4.79 Å². The molecule has 0 aliphatic rings. The Morgan fingerprint density at radius 3 is 2.50 bits per heavy atom. The molecule has 0 saturated heterocycles. The van der Waals surface area contributed by atoms with E-state index >= 15 is 0 Å². The van der Waals surface area contributed by atoms with Crippen LogP contribution in [-0.4, -0.2) is 42.1 Å². The molecule has 0 aliphatic heterocycles. The number of hydrogen-bond acceptors (Lipinski definition) is 6. The van der Waals surface area contributed by atoms with E-state index in [0.29, 0.717) is 17.0 Å². The maximum absolute atomic E-state index is 12.1. The van der Waals surface area contributed by atoms with Crippen molar-refractivity contribution in [3.63, 3.8) is 0 Å². The number of nitrogens with zero attached hydrogens (tertiary/aromatic N) is 6. The molecule has 0 bridgehead atoms. The van der Waals surface area contributed by atoms with Gasteiger partial charge in [0.1, 0.15) is 0 Å². The van der Waals surface area contributed by atoms with Crippen molar-refractivity contribution in [1.82, 2.24) is 29.3 Å². The number of hydrogen-bond donors (Lipinski definition) is 0. The third kappa shape index (κ3) is 4.43. The molecule has 0 N–H and O–H groups in total. The van der Waals surface area contributed by atoms with E-state index in [9.17, 15) is 18.0 Å². The molecule has 136 valence electrons. The fraction of sp³-hybridized carbons (Fsp3) is 0.267. The first-order chi connectivity index (χ1) is 12.3. The Balaban J connectivity index is 1.78. The van der Waals surface area contributed by atoms with Crippen LogP contribution in [0, 0.1) is 0 Å². The second kappa shape index (κ2) is 6.94. The summed E-state index contributed by atoms with van der Waals surface area (Å²) >= 11 is 0. The van der Waals surface area contributed by atoms with Crippen molar-refractivity contribution >= 4 is 0 Å². The van der Waals surface area contributed by atoms with Crippen molar-refractivity contribution < 1.29 is 17.9 Å². The summed E-state index contributed by atoms with van der Waals surface area (Å²) in [7, 11) is 1.81. The number of aryl methyl sites for hydroxylation is 1. The number of alkyl halides is 3. The average molecular weight is 366 g/mol. The Bertz CT molecular complexity index is 949. The van der Waals surface area contributed by atoms with Crippen molar-refractivity contribution in [3.8, 4) is 17.3 Å². The van der Waals surface area contributed by atoms with Gasteiger partial charge in [0.15, 0.2) is 6.61 Å². The summed E-state index contributed by atoms with van der Waals surface area (Å²) in [5.74, 6) is 0. The molecule has 0 radical (unpaired) electrons. The highest BCUT2D eigenvalue weighted by Crippen LogP contribution is 2.18. The normalized spacial score (nSPS) is 11.5. The first-order valence-electron chi connectivity index (χ1n) is 7.37. The van der Waals surface area contributed by atoms with Crippen molar-refractivity contribution in [1.29, 1.82) is 0 Å². The highest BCUT2D eigenvalue weighted by Gasteiger charge is 2.28. The molecule has 26 heavy (non-hydrogen) atoms. The zero-order chi connectivity index (χ0) is 18.7. The summed E-state index contributed by atoms with van der Waals surface area (Å²) in [4.78, 5) is 23.5. The second-order valence-corrected chi connectivity index (χ2v) is 5.40. The van der Waals surface area contributed by atoms with E-state index in [0.717, 1.165) is 0 Å². The summed E-state index contributed by atoms with van der Waals surface area (Å²) in [6, 6.07) is 2.42. The van der Waals surface area contributed by atoms with Crippen LogP contribution in [0.1, 0.15) is 5.69 Å². The predicted octanol–water partition coefficient (Wildman–Crippen LogP) is 1.42. The van der Waals surface area contributed by atoms with Gasteiger partial charge in [0, 0.05) is 37.3 Å². The van der Waals surface area contributed by atoms with Crippen LogP contribution in [0.3, 0.4) is 0 Å². The molecule has 3 aromatic rings. The predicted molar refractivity (Wildman–Crippen MR) is 83.4 cm³/mol. The van der Waals surface area contributed by atoms with Crippen LogP contribution in [0.15, 0.2) is 41.8 Å². The van der Waals surface area contributed by atoms with Gasteiger partial charge in [-0.1, -0.05) is 0 Å². The van der Waals surface area contributed by atoms with Gasteiger partial charge >= 0.3 is 12.2 Å². The van der Waals surface area contributed by atoms with E-state index in [-0.39, 0.29) is 12.1 Å². The quantitative estimate of drug-likeness (QED) is 0.679. The van der Waals surface area contributed by atoms with Crippen LogP contribution in [0.4, 0.5) is 13.2 Å². The first kappa shape index (κ1) is 17.6. The molecule has 3 rings (SSSR count). The Morgan fingerprint density at radius 2 is 1.88 bits per heavy atom. The highest BCUT2D eigenvalue weighted by atomic mass is 19.4. The number of imidazole rings is 1. The summed E-state index contributed by atoms with van der Waals surface area (Å²) in [6.45, 7) is -1.29. The topological polar surface area (TPSA) is 87.7 Å². The van der Waals surface area contributed by atoms with E-state index in [1.165, 1.54) is 29.2 Å². The Morgan fingerprint density at radius 1 is 1.15 bits per heavy atom. The van der Waals surface area contributed by atoms with Gasteiger partial charge < -0.3 is 9.30 Å². The molecule has 0 spiro atoms. The van der Waals surface area contributed by atoms with Crippen LogP contribution >= 0.6 is 0 Å². The summed E-state index contributed by atoms with van der Waals surface area (Å²) in [5, 5.41) is 4.22. The lowest BCUT2D eigenvalue weighted by Gasteiger charge is -2.08. The zero-order valence-corrected chi connectivity index (χ0v) is 13.5. The molecule has 0 saturated carbocycles. The van der Waals surface area contributed by atoms with E-state index in [4.69, 9.17) is 0 Å². The van der Waals surface area contributed by atoms with Gasteiger partial charge in [-0.2, -0.15) is 18.3 Å². The summed E-state index contributed by atoms with van der Waals surface area (Å²) < 4.78 is 43.8. The summed E-state index contributed by atoms with van der Waals surface area (Å²) in [5.41, 5.74) is 1.17. The average Bonchev–Trinajstić information content (AvgIpc) is 3.00. The molecule has 0 fully saturated rings. The molecule has 3 heterocycles. The molecule has 0 aromatic carbocycles.